The summed E-state index contributed by atoms with van der Waals surface area (Å²) in [5.74, 6) is -1.64. The van der Waals surface area contributed by atoms with Crippen LogP contribution in [0.25, 0.3) is 22.0 Å². The first-order valence-electron chi connectivity index (χ1n) is 8.60. The second kappa shape index (κ2) is 7.02. The van der Waals surface area contributed by atoms with Gasteiger partial charge < -0.3 is 15.4 Å². The Morgan fingerprint density at radius 3 is 2.57 bits per heavy atom. The SMILES string of the molecule is Nc1cccc(Cn2c(C(=O)O)c(-c3ccccc3F)c3cc(Cl)ccc32)c1. The Morgan fingerprint density at radius 2 is 1.86 bits per heavy atom. The highest BCUT2D eigenvalue weighted by molar-refractivity contribution is 6.31. The molecular formula is C22H16ClFN2O2. The summed E-state index contributed by atoms with van der Waals surface area (Å²) in [6.45, 7) is 0.277. The minimum absolute atomic E-state index is 0.00444. The van der Waals surface area contributed by atoms with Gasteiger partial charge in [0.25, 0.3) is 0 Å². The van der Waals surface area contributed by atoms with Crippen LogP contribution in [0.2, 0.25) is 5.02 Å². The van der Waals surface area contributed by atoms with Crippen molar-refractivity contribution in [2.45, 2.75) is 6.54 Å². The predicted molar refractivity (Wildman–Crippen MR) is 109 cm³/mol. The molecule has 3 N–H and O–H groups in total. The van der Waals surface area contributed by atoms with Gasteiger partial charge in [-0.25, -0.2) is 9.18 Å². The molecule has 0 radical (unpaired) electrons. The molecule has 0 aliphatic heterocycles. The van der Waals surface area contributed by atoms with Crippen molar-refractivity contribution in [2.24, 2.45) is 0 Å². The number of nitrogens with zero attached hydrogens (tertiary/aromatic N) is 1. The smallest absolute Gasteiger partial charge is 0.353 e. The molecule has 4 rings (SSSR count). The molecule has 0 bridgehead atoms. The van der Waals surface area contributed by atoms with Crippen molar-refractivity contribution in [3.8, 4) is 11.1 Å². The molecule has 140 valence electrons. The zero-order valence-corrected chi connectivity index (χ0v) is 15.4. The Labute approximate surface area is 165 Å². The number of carbonyl (C=O) groups is 1. The number of benzene rings is 3. The molecule has 0 aliphatic carbocycles. The average Bonchev–Trinajstić information content (AvgIpc) is 2.95. The van der Waals surface area contributed by atoms with Crippen molar-refractivity contribution >= 4 is 34.2 Å². The summed E-state index contributed by atoms with van der Waals surface area (Å²) in [7, 11) is 0. The molecular weight excluding hydrogens is 379 g/mol. The lowest BCUT2D eigenvalue weighted by molar-refractivity contribution is 0.0687. The van der Waals surface area contributed by atoms with E-state index >= 15 is 0 Å². The Bertz CT molecular complexity index is 1220. The van der Waals surface area contributed by atoms with Gasteiger partial charge in [-0.1, -0.05) is 41.9 Å². The Kier molecular flexibility index (Phi) is 4.53. The minimum Gasteiger partial charge on any atom is -0.477 e. The summed E-state index contributed by atoms with van der Waals surface area (Å²) >= 11 is 6.17. The van der Waals surface area contributed by atoms with Crippen molar-refractivity contribution in [1.82, 2.24) is 4.57 Å². The monoisotopic (exact) mass is 394 g/mol. The maximum atomic E-state index is 14.6. The van der Waals surface area contributed by atoms with E-state index in [2.05, 4.69) is 0 Å². The van der Waals surface area contributed by atoms with E-state index in [1.807, 2.05) is 12.1 Å². The molecule has 0 atom stereocenters. The molecule has 0 fully saturated rings. The van der Waals surface area contributed by atoms with Crippen LogP contribution in [0.3, 0.4) is 0 Å². The van der Waals surface area contributed by atoms with Crippen LogP contribution >= 0.6 is 11.6 Å². The number of carboxylic acid groups (broad SMARTS) is 1. The molecule has 0 unspecified atom stereocenters. The average molecular weight is 395 g/mol. The second-order valence-corrected chi connectivity index (χ2v) is 6.94. The van der Waals surface area contributed by atoms with Gasteiger partial charge in [-0.2, -0.15) is 0 Å². The quantitative estimate of drug-likeness (QED) is 0.453. The lowest BCUT2D eigenvalue weighted by atomic mass is 10.0. The second-order valence-electron chi connectivity index (χ2n) is 6.50. The number of rotatable bonds is 4. The van der Waals surface area contributed by atoms with Crippen molar-refractivity contribution < 1.29 is 14.3 Å². The van der Waals surface area contributed by atoms with Gasteiger partial charge in [-0.3, -0.25) is 0 Å². The van der Waals surface area contributed by atoms with E-state index in [4.69, 9.17) is 17.3 Å². The van der Waals surface area contributed by atoms with Crippen molar-refractivity contribution in [3.63, 3.8) is 0 Å². The third-order valence-corrected chi connectivity index (χ3v) is 4.90. The number of aromatic carboxylic acids is 1. The van der Waals surface area contributed by atoms with Crippen LogP contribution < -0.4 is 5.73 Å². The molecule has 0 saturated carbocycles. The summed E-state index contributed by atoms with van der Waals surface area (Å²) in [5, 5.41) is 11.0. The Morgan fingerprint density at radius 1 is 1.07 bits per heavy atom. The van der Waals surface area contributed by atoms with Gasteiger partial charge in [0.2, 0.25) is 0 Å². The first kappa shape index (κ1) is 18.1. The van der Waals surface area contributed by atoms with Crippen LogP contribution in [-0.4, -0.2) is 15.6 Å². The number of halogens is 2. The molecule has 4 nitrogen and oxygen atoms in total. The molecule has 1 aromatic heterocycles. The van der Waals surface area contributed by atoms with Gasteiger partial charge in [0, 0.05) is 39.3 Å². The van der Waals surface area contributed by atoms with E-state index in [0.717, 1.165) is 5.56 Å². The van der Waals surface area contributed by atoms with Gasteiger partial charge in [0.15, 0.2) is 0 Å². The van der Waals surface area contributed by atoms with E-state index in [0.29, 0.717) is 27.2 Å². The minimum atomic E-state index is -1.14. The van der Waals surface area contributed by atoms with Crippen LogP contribution in [0.15, 0.2) is 66.7 Å². The standard InChI is InChI=1S/C22H16ClFN2O2/c23-14-8-9-19-17(11-14)20(16-6-1-2-7-18(16)24)21(22(27)28)26(19)12-13-4-3-5-15(25)10-13/h1-11H,12,25H2,(H,27,28). The molecule has 0 aliphatic rings. The summed E-state index contributed by atoms with van der Waals surface area (Å²) in [6, 6.07) is 18.5. The summed E-state index contributed by atoms with van der Waals surface area (Å²) < 4.78 is 16.2. The molecule has 28 heavy (non-hydrogen) atoms. The number of anilines is 1. The zero-order valence-electron chi connectivity index (χ0n) is 14.7. The van der Waals surface area contributed by atoms with Gasteiger partial charge in [-0.15, -0.1) is 0 Å². The number of carboxylic acids is 1. The van der Waals surface area contributed by atoms with Gasteiger partial charge >= 0.3 is 5.97 Å². The van der Waals surface area contributed by atoms with E-state index in [9.17, 15) is 14.3 Å². The van der Waals surface area contributed by atoms with Crippen LogP contribution in [0.1, 0.15) is 16.1 Å². The predicted octanol–water partition coefficient (Wildman–Crippen LogP) is 5.43. The number of fused-ring (bicyclic) bond motifs is 1. The lowest BCUT2D eigenvalue weighted by Crippen LogP contribution is -2.11. The lowest BCUT2D eigenvalue weighted by Gasteiger charge is -2.10. The van der Waals surface area contributed by atoms with Crippen molar-refractivity contribution in [3.05, 3.63) is 88.8 Å². The Balaban J connectivity index is 2.06. The summed E-state index contributed by atoms with van der Waals surface area (Å²) in [5.41, 5.74) is 8.49. The fourth-order valence-electron chi connectivity index (χ4n) is 3.52. The molecule has 3 aromatic carbocycles. The highest BCUT2D eigenvalue weighted by atomic mass is 35.5. The van der Waals surface area contributed by atoms with Crippen LogP contribution in [0.4, 0.5) is 10.1 Å². The van der Waals surface area contributed by atoms with Crippen LogP contribution in [-0.2, 0) is 6.54 Å². The number of hydrogen-bond donors (Lipinski definition) is 2. The molecule has 0 amide bonds. The molecule has 4 aromatic rings. The third kappa shape index (κ3) is 3.10. The maximum Gasteiger partial charge on any atom is 0.353 e. The van der Waals surface area contributed by atoms with E-state index in [1.165, 1.54) is 6.07 Å². The number of hydrogen-bond acceptors (Lipinski definition) is 2. The topological polar surface area (TPSA) is 68.2 Å². The molecule has 1 heterocycles. The third-order valence-electron chi connectivity index (χ3n) is 4.66. The van der Waals surface area contributed by atoms with E-state index < -0.39 is 11.8 Å². The Hall–Kier alpha value is -3.31. The highest BCUT2D eigenvalue weighted by Crippen LogP contribution is 2.38. The van der Waals surface area contributed by atoms with Crippen LogP contribution in [0, 0.1) is 5.82 Å². The number of nitrogens with two attached hydrogens (primary N) is 1. The molecule has 0 saturated heterocycles. The first-order valence-corrected chi connectivity index (χ1v) is 8.98. The fourth-order valence-corrected chi connectivity index (χ4v) is 3.70. The first-order chi connectivity index (χ1) is 13.5. The van der Waals surface area contributed by atoms with E-state index in [-0.39, 0.29) is 17.8 Å². The van der Waals surface area contributed by atoms with Crippen molar-refractivity contribution in [1.29, 1.82) is 0 Å². The maximum absolute atomic E-state index is 14.6. The van der Waals surface area contributed by atoms with Crippen molar-refractivity contribution in [2.75, 3.05) is 5.73 Å². The fraction of sp³-hybridized carbons (Fsp3) is 0.0455. The van der Waals surface area contributed by atoms with Gasteiger partial charge in [0.1, 0.15) is 11.5 Å². The number of aromatic nitrogens is 1. The van der Waals surface area contributed by atoms with E-state index in [1.54, 1.807) is 53.1 Å². The normalized spacial score (nSPS) is 11.1. The van der Waals surface area contributed by atoms with Crippen LogP contribution in [0.5, 0.6) is 0 Å². The largest absolute Gasteiger partial charge is 0.477 e. The highest BCUT2D eigenvalue weighted by Gasteiger charge is 2.25. The number of nitrogen functional groups attached to an aromatic ring is 1. The molecule has 6 heteroatoms. The summed E-state index contributed by atoms with van der Waals surface area (Å²) in [6.07, 6.45) is 0. The van der Waals surface area contributed by atoms with Gasteiger partial charge in [-0.05, 0) is 42.0 Å². The zero-order chi connectivity index (χ0) is 19.8. The molecule has 0 spiro atoms. The van der Waals surface area contributed by atoms with Gasteiger partial charge in [0.05, 0.1) is 0 Å². The summed E-state index contributed by atoms with van der Waals surface area (Å²) in [4.78, 5) is 12.2.